The molecule has 0 amide bonds. The summed E-state index contributed by atoms with van der Waals surface area (Å²) in [5.41, 5.74) is 2.07. The molecule has 11 heteroatoms. The molecule has 0 bridgehead atoms. The van der Waals surface area contributed by atoms with E-state index in [1.54, 1.807) is 19.2 Å². The molecule has 1 aromatic heterocycles. The first-order valence-corrected chi connectivity index (χ1v) is 12.2. The van der Waals surface area contributed by atoms with Gasteiger partial charge in [-0.1, -0.05) is 0 Å². The van der Waals surface area contributed by atoms with Crippen LogP contribution in [0.1, 0.15) is 12.0 Å². The Morgan fingerprint density at radius 1 is 1.05 bits per heavy atom. The molecule has 2 aromatic carbocycles. The number of rotatable bonds is 9. The normalized spacial score (nSPS) is 14.9. The zero-order chi connectivity index (χ0) is 25.6. The van der Waals surface area contributed by atoms with Gasteiger partial charge in [-0.25, -0.2) is 9.37 Å². The minimum absolute atomic E-state index is 0.131. The molecule has 37 heavy (non-hydrogen) atoms. The van der Waals surface area contributed by atoms with E-state index in [-0.39, 0.29) is 5.75 Å². The molecular weight excluding hydrogens is 481 g/mol. The van der Waals surface area contributed by atoms with E-state index in [1.807, 2.05) is 12.1 Å². The maximum atomic E-state index is 13.8. The van der Waals surface area contributed by atoms with Gasteiger partial charge in [-0.05, 0) is 24.6 Å². The fourth-order valence-corrected chi connectivity index (χ4v) is 4.25. The van der Waals surface area contributed by atoms with E-state index in [1.165, 1.54) is 19.5 Å². The summed E-state index contributed by atoms with van der Waals surface area (Å²) in [6.07, 6.45) is 2.30. The Kier molecular flexibility index (Phi) is 7.71. The molecule has 2 aliphatic heterocycles. The number of fused-ring (bicyclic) bond motifs is 2. The predicted octanol–water partition coefficient (Wildman–Crippen LogP) is 4.20. The SMILES string of the molecule is COc1cc(Nc2ncnc3c2NCc2cc(OCCCN4CCOCC4)c(OC)cc2O3)ccc1F. The standard InChI is InChI=1S/C26H30FN5O5/c1-33-21-13-18(4-5-19(21)27)31-25-24-26(30-16-29-25)37-20-14-22(34-2)23(12-17(20)15-28-24)36-9-3-6-32-7-10-35-11-8-32/h4-5,12-14,16,28H,3,6-11,15H2,1-2H3,(H,29,30,31). The van der Waals surface area contributed by atoms with Crippen LogP contribution >= 0.6 is 0 Å². The first-order valence-electron chi connectivity index (χ1n) is 12.2. The minimum Gasteiger partial charge on any atom is -0.494 e. The lowest BCUT2D eigenvalue weighted by molar-refractivity contribution is 0.0357. The van der Waals surface area contributed by atoms with Crippen LogP contribution < -0.4 is 29.6 Å². The van der Waals surface area contributed by atoms with Crippen molar-refractivity contribution in [1.29, 1.82) is 0 Å². The molecule has 196 valence electrons. The molecule has 0 saturated carbocycles. The van der Waals surface area contributed by atoms with Crippen molar-refractivity contribution in [3.63, 3.8) is 0 Å². The van der Waals surface area contributed by atoms with Crippen LogP contribution in [-0.4, -0.2) is 68.5 Å². The fourth-order valence-electron chi connectivity index (χ4n) is 4.25. The van der Waals surface area contributed by atoms with E-state index >= 15 is 0 Å². The third-order valence-corrected chi connectivity index (χ3v) is 6.22. The lowest BCUT2D eigenvalue weighted by Gasteiger charge is -2.26. The Hall–Kier alpha value is -3.83. The number of ether oxygens (including phenoxy) is 5. The predicted molar refractivity (Wildman–Crippen MR) is 136 cm³/mol. The van der Waals surface area contributed by atoms with Gasteiger partial charge in [0.25, 0.3) is 0 Å². The molecule has 10 nitrogen and oxygen atoms in total. The van der Waals surface area contributed by atoms with E-state index in [0.717, 1.165) is 44.8 Å². The highest BCUT2D eigenvalue weighted by molar-refractivity contribution is 5.76. The molecule has 5 rings (SSSR count). The Morgan fingerprint density at radius 2 is 1.89 bits per heavy atom. The van der Waals surface area contributed by atoms with Crippen LogP contribution in [0.4, 0.5) is 21.6 Å². The van der Waals surface area contributed by atoms with Gasteiger partial charge < -0.3 is 34.3 Å². The summed E-state index contributed by atoms with van der Waals surface area (Å²) in [6.45, 7) is 5.47. The molecule has 0 unspecified atom stereocenters. The first-order chi connectivity index (χ1) is 18.1. The highest BCUT2D eigenvalue weighted by Crippen LogP contribution is 2.42. The lowest BCUT2D eigenvalue weighted by atomic mass is 10.1. The summed E-state index contributed by atoms with van der Waals surface area (Å²) < 4.78 is 42.1. The number of hydrogen-bond donors (Lipinski definition) is 2. The summed E-state index contributed by atoms with van der Waals surface area (Å²) >= 11 is 0. The van der Waals surface area contributed by atoms with Gasteiger partial charge in [-0.3, -0.25) is 4.90 Å². The Labute approximate surface area is 214 Å². The smallest absolute Gasteiger partial charge is 0.248 e. The number of aromatic nitrogens is 2. The largest absolute Gasteiger partial charge is 0.494 e. The van der Waals surface area contributed by atoms with Gasteiger partial charge in [-0.15, -0.1) is 0 Å². The second-order valence-corrected chi connectivity index (χ2v) is 8.60. The third-order valence-electron chi connectivity index (χ3n) is 6.22. The maximum Gasteiger partial charge on any atom is 0.248 e. The number of benzene rings is 2. The number of nitrogens with zero attached hydrogens (tertiary/aromatic N) is 3. The van der Waals surface area contributed by atoms with Crippen LogP contribution in [0.2, 0.25) is 0 Å². The lowest BCUT2D eigenvalue weighted by Crippen LogP contribution is -2.37. The van der Waals surface area contributed by atoms with Crippen LogP contribution in [0.3, 0.4) is 0 Å². The molecule has 2 N–H and O–H groups in total. The van der Waals surface area contributed by atoms with Gasteiger partial charge in [0.15, 0.2) is 28.9 Å². The van der Waals surface area contributed by atoms with Gasteiger partial charge in [0.1, 0.15) is 17.8 Å². The Morgan fingerprint density at radius 3 is 2.70 bits per heavy atom. The molecule has 0 spiro atoms. The van der Waals surface area contributed by atoms with Crippen LogP contribution in [-0.2, 0) is 11.3 Å². The van der Waals surface area contributed by atoms with Crippen molar-refractivity contribution in [1.82, 2.24) is 14.9 Å². The summed E-state index contributed by atoms with van der Waals surface area (Å²) in [7, 11) is 3.02. The van der Waals surface area contributed by atoms with Gasteiger partial charge in [-0.2, -0.15) is 4.98 Å². The highest BCUT2D eigenvalue weighted by Gasteiger charge is 2.22. The molecule has 0 atom stereocenters. The minimum atomic E-state index is -0.445. The van der Waals surface area contributed by atoms with Gasteiger partial charge in [0.05, 0.1) is 34.0 Å². The molecule has 3 heterocycles. The van der Waals surface area contributed by atoms with Crippen LogP contribution in [0.25, 0.3) is 0 Å². The quantitative estimate of drug-likeness (QED) is 0.407. The van der Waals surface area contributed by atoms with Gasteiger partial charge in [0.2, 0.25) is 5.88 Å². The molecule has 0 aliphatic carbocycles. The van der Waals surface area contributed by atoms with Crippen molar-refractivity contribution < 1.29 is 28.1 Å². The average Bonchev–Trinajstić information content (AvgIpc) is 3.11. The van der Waals surface area contributed by atoms with Crippen molar-refractivity contribution in [2.75, 3.05) is 64.3 Å². The molecule has 2 aliphatic rings. The van der Waals surface area contributed by atoms with Crippen molar-refractivity contribution in [3.05, 3.63) is 48.0 Å². The molecule has 0 radical (unpaired) electrons. The van der Waals surface area contributed by atoms with Crippen LogP contribution in [0, 0.1) is 5.82 Å². The van der Waals surface area contributed by atoms with E-state index in [4.69, 9.17) is 23.7 Å². The molecule has 1 fully saturated rings. The van der Waals surface area contributed by atoms with E-state index < -0.39 is 5.82 Å². The molecular formula is C26H30FN5O5. The van der Waals surface area contributed by atoms with Crippen molar-refractivity contribution in [2.45, 2.75) is 13.0 Å². The van der Waals surface area contributed by atoms with Crippen molar-refractivity contribution in [3.8, 4) is 28.9 Å². The van der Waals surface area contributed by atoms with Crippen LogP contribution in [0.5, 0.6) is 28.9 Å². The number of nitrogens with one attached hydrogen (secondary N) is 2. The average molecular weight is 512 g/mol. The fraction of sp³-hybridized carbons (Fsp3) is 0.385. The highest BCUT2D eigenvalue weighted by atomic mass is 19.1. The maximum absolute atomic E-state index is 13.8. The number of hydrogen-bond acceptors (Lipinski definition) is 10. The third kappa shape index (κ3) is 5.78. The second-order valence-electron chi connectivity index (χ2n) is 8.60. The van der Waals surface area contributed by atoms with Gasteiger partial charge >= 0.3 is 0 Å². The number of methoxy groups -OCH3 is 2. The van der Waals surface area contributed by atoms with Crippen molar-refractivity contribution in [2.24, 2.45) is 0 Å². The first kappa shape index (κ1) is 24.8. The van der Waals surface area contributed by atoms with E-state index in [9.17, 15) is 4.39 Å². The number of morpholine rings is 1. The van der Waals surface area contributed by atoms with Crippen LogP contribution in [0.15, 0.2) is 36.7 Å². The molecule has 1 saturated heterocycles. The van der Waals surface area contributed by atoms with Gasteiger partial charge in [0, 0.05) is 49.6 Å². The summed E-state index contributed by atoms with van der Waals surface area (Å²) in [5.74, 6) is 2.37. The van der Waals surface area contributed by atoms with E-state index in [0.29, 0.717) is 53.5 Å². The number of halogens is 1. The topological polar surface area (TPSA) is 99.2 Å². The van der Waals surface area contributed by atoms with E-state index in [2.05, 4.69) is 25.5 Å². The second kappa shape index (κ2) is 11.5. The number of anilines is 3. The monoisotopic (exact) mass is 511 g/mol. The Bertz CT molecular complexity index is 1240. The summed E-state index contributed by atoms with van der Waals surface area (Å²) in [4.78, 5) is 11.0. The zero-order valence-corrected chi connectivity index (χ0v) is 20.9. The van der Waals surface area contributed by atoms with Crippen molar-refractivity contribution >= 4 is 17.2 Å². The summed E-state index contributed by atoms with van der Waals surface area (Å²) in [5, 5.41) is 6.53. The zero-order valence-electron chi connectivity index (χ0n) is 20.9. The Balaban J connectivity index is 1.30. The summed E-state index contributed by atoms with van der Waals surface area (Å²) in [6, 6.07) is 8.22. The molecule has 3 aromatic rings.